The summed E-state index contributed by atoms with van der Waals surface area (Å²) in [5.41, 5.74) is 3.66. The Hall–Kier alpha value is -4.00. The Morgan fingerprint density at radius 1 is 0.970 bits per heavy atom. The van der Waals surface area contributed by atoms with Gasteiger partial charge in [0.15, 0.2) is 11.5 Å². The summed E-state index contributed by atoms with van der Waals surface area (Å²) >= 11 is 0. The van der Waals surface area contributed by atoms with Crippen molar-refractivity contribution in [2.75, 3.05) is 14.2 Å². The SMILES string of the molecule is COc1ccc(C(=O)N/C(=C\c2ccco2)C(=O)NC(C)c2ccc(C)c(C)c2)cc1OC. The maximum Gasteiger partial charge on any atom is 0.268 e. The van der Waals surface area contributed by atoms with E-state index in [0.717, 1.165) is 11.1 Å². The van der Waals surface area contributed by atoms with Gasteiger partial charge in [0, 0.05) is 11.6 Å². The molecule has 172 valence electrons. The van der Waals surface area contributed by atoms with Gasteiger partial charge < -0.3 is 24.5 Å². The fraction of sp³-hybridized carbons (Fsp3) is 0.231. The first-order valence-corrected chi connectivity index (χ1v) is 10.5. The normalized spacial score (nSPS) is 12.1. The second-order valence-electron chi connectivity index (χ2n) is 7.64. The summed E-state index contributed by atoms with van der Waals surface area (Å²) in [6.07, 6.45) is 2.98. The molecule has 0 bridgehead atoms. The van der Waals surface area contributed by atoms with Gasteiger partial charge in [0.1, 0.15) is 11.5 Å². The van der Waals surface area contributed by atoms with E-state index in [1.54, 1.807) is 30.3 Å². The summed E-state index contributed by atoms with van der Waals surface area (Å²) < 4.78 is 15.8. The zero-order chi connectivity index (χ0) is 24.0. The molecule has 7 nitrogen and oxygen atoms in total. The van der Waals surface area contributed by atoms with Crippen molar-refractivity contribution < 1.29 is 23.5 Å². The average Bonchev–Trinajstić information content (AvgIpc) is 3.32. The number of methoxy groups -OCH3 is 2. The molecule has 0 fully saturated rings. The molecule has 1 aromatic heterocycles. The second-order valence-corrected chi connectivity index (χ2v) is 7.64. The Morgan fingerprint density at radius 2 is 1.73 bits per heavy atom. The summed E-state index contributed by atoms with van der Waals surface area (Å²) in [4.78, 5) is 26.0. The van der Waals surface area contributed by atoms with E-state index in [-0.39, 0.29) is 11.7 Å². The molecule has 3 aromatic rings. The van der Waals surface area contributed by atoms with Crippen LogP contribution in [0.2, 0.25) is 0 Å². The topological polar surface area (TPSA) is 89.8 Å². The molecule has 0 saturated heterocycles. The van der Waals surface area contributed by atoms with Gasteiger partial charge in [-0.05, 0) is 67.8 Å². The van der Waals surface area contributed by atoms with Crippen LogP contribution in [0.25, 0.3) is 6.08 Å². The van der Waals surface area contributed by atoms with Crippen molar-refractivity contribution in [2.45, 2.75) is 26.8 Å². The van der Waals surface area contributed by atoms with Crippen molar-refractivity contribution in [1.29, 1.82) is 0 Å². The van der Waals surface area contributed by atoms with Crippen LogP contribution in [0.1, 0.15) is 45.8 Å². The minimum Gasteiger partial charge on any atom is -0.493 e. The number of furan rings is 1. The molecule has 1 atom stereocenters. The Morgan fingerprint density at radius 3 is 2.36 bits per heavy atom. The molecule has 0 radical (unpaired) electrons. The lowest BCUT2D eigenvalue weighted by atomic mass is 10.0. The predicted octanol–water partition coefficient (Wildman–Crippen LogP) is 4.56. The number of aryl methyl sites for hydroxylation is 2. The fourth-order valence-electron chi connectivity index (χ4n) is 3.24. The molecule has 2 N–H and O–H groups in total. The van der Waals surface area contributed by atoms with Crippen molar-refractivity contribution in [3.8, 4) is 11.5 Å². The second kappa shape index (κ2) is 10.5. The van der Waals surface area contributed by atoms with Crippen LogP contribution in [0.15, 0.2) is 64.9 Å². The molecule has 7 heteroatoms. The molecule has 0 saturated carbocycles. The molecular formula is C26H28N2O5. The van der Waals surface area contributed by atoms with E-state index in [1.807, 2.05) is 39.0 Å². The Balaban J connectivity index is 1.83. The standard InChI is InChI=1S/C26H28N2O5/c1-16-8-9-19(13-17(16)2)18(3)27-26(30)22(15-21-7-6-12-33-21)28-25(29)20-10-11-23(31-4)24(14-20)32-5/h6-15,18H,1-5H3,(H,27,30)(H,28,29)/b22-15-. The number of hydrogen-bond acceptors (Lipinski definition) is 5. The third kappa shape index (κ3) is 5.83. The minimum atomic E-state index is -0.470. The fourth-order valence-corrected chi connectivity index (χ4v) is 3.24. The van der Waals surface area contributed by atoms with Crippen LogP contribution < -0.4 is 20.1 Å². The smallest absolute Gasteiger partial charge is 0.268 e. The van der Waals surface area contributed by atoms with Gasteiger partial charge in [0.05, 0.1) is 26.5 Å². The molecule has 2 aromatic carbocycles. The minimum absolute atomic E-state index is 0.0559. The zero-order valence-electron chi connectivity index (χ0n) is 19.4. The van der Waals surface area contributed by atoms with Crippen LogP contribution in [-0.4, -0.2) is 26.0 Å². The summed E-state index contributed by atoms with van der Waals surface area (Å²) in [5, 5.41) is 5.64. The van der Waals surface area contributed by atoms with E-state index in [2.05, 4.69) is 10.6 Å². The van der Waals surface area contributed by atoms with Crippen LogP contribution >= 0.6 is 0 Å². The van der Waals surface area contributed by atoms with Crippen LogP contribution in [0.5, 0.6) is 11.5 Å². The highest BCUT2D eigenvalue weighted by molar-refractivity contribution is 6.05. The predicted molar refractivity (Wildman–Crippen MR) is 126 cm³/mol. The van der Waals surface area contributed by atoms with Gasteiger partial charge in [-0.2, -0.15) is 0 Å². The lowest BCUT2D eigenvalue weighted by Crippen LogP contribution is -2.36. The first-order chi connectivity index (χ1) is 15.8. The van der Waals surface area contributed by atoms with Crippen molar-refractivity contribution in [3.05, 3.63) is 88.5 Å². The Kier molecular flexibility index (Phi) is 7.56. The van der Waals surface area contributed by atoms with Gasteiger partial charge in [-0.3, -0.25) is 9.59 Å². The van der Waals surface area contributed by atoms with Crippen molar-refractivity contribution in [3.63, 3.8) is 0 Å². The molecule has 0 spiro atoms. The van der Waals surface area contributed by atoms with Crippen molar-refractivity contribution in [1.82, 2.24) is 10.6 Å². The molecule has 0 aliphatic rings. The number of hydrogen-bond donors (Lipinski definition) is 2. The molecular weight excluding hydrogens is 420 g/mol. The maximum atomic E-state index is 13.1. The molecule has 0 aliphatic heterocycles. The molecule has 1 heterocycles. The Bertz CT molecular complexity index is 1170. The first kappa shape index (κ1) is 23.7. The number of rotatable bonds is 8. The summed E-state index contributed by atoms with van der Waals surface area (Å²) in [6, 6.07) is 13.9. The monoisotopic (exact) mass is 448 g/mol. The van der Waals surface area contributed by atoms with E-state index in [0.29, 0.717) is 22.8 Å². The zero-order valence-corrected chi connectivity index (χ0v) is 19.4. The van der Waals surface area contributed by atoms with Crippen LogP contribution in [0.4, 0.5) is 0 Å². The summed E-state index contributed by atoms with van der Waals surface area (Å²) in [6.45, 7) is 5.96. The van der Waals surface area contributed by atoms with Gasteiger partial charge in [-0.1, -0.05) is 18.2 Å². The van der Waals surface area contributed by atoms with Crippen LogP contribution in [0, 0.1) is 13.8 Å². The number of benzene rings is 2. The highest BCUT2D eigenvalue weighted by Gasteiger charge is 2.19. The number of nitrogens with one attached hydrogen (secondary N) is 2. The van der Waals surface area contributed by atoms with E-state index < -0.39 is 11.8 Å². The van der Waals surface area contributed by atoms with Crippen LogP contribution in [-0.2, 0) is 4.79 Å². The van der Waals surface area contributed by atoms with E-state index in [1.165, 1.54) is 32.1 Å². The molecule has 0 aliphatic carbocycles. The molecule has 33 heavy (non-hydrogen) atoms. The highest BCUT2D eigenvalue weighted by atomic mass is 16.5. The summed E-state index contributed by atoms with van der Waals surface area (Å²) in [5.74, 6) is 0.440. The van der Waals surface area contributed by atoms with Crippen LogP contribution in [0.3, 0.4) is 0 Å². The van der Waals surface area contributed by atoms with Crippen molar-refractivity contribution in [2.24, 2.45) is 0 Å². The highest BCUT2D eigenvalue weighted by Crippen LogP contribution is 2.27. The first-order valence-electron chi connectivity index (χ1n) is 10.5. The van der Waals surface area contributed by atoms with Crippen molar-refractivity contribution >= 4 is 17.9 Å². The number of ether oxygens (including phenoxy) is 2. The van der Waals surface area contributed by atoms with Gasteiger partial charge in [0.25, 0.3) is 11.8 Å². The number of amides is 2. The maximum absolute atomic E-state index is 13.1. The van der Waals surface area contributed by atoms with Gasteiger partial charge >= 0.3 is 0 Å². The lowest BCUT2D eigenvalue weighted by molar-refractivity contribution is -0.118. The third-order valence-electron chi connectivity index (χ3n) is 5.35. The number of carbonyl (C=O) groups is 2. The van der Waals surface area contributed by atoms with E-state index in [4.69, 9.17) is 13.9 Å². The molecule has 2 amide bonds. The van der Waals surface area contributed by atoms with E-state index in [9.17, 15) is 9.59 Å². The average molecular weight is 449 g/mol. The lowest BCUT2D eigenvalue weighted by Gasteiger charge is -2.18. The number of carbonyl (C=O) groups excluding carboxylic acids is 2. The van der Waals surface area contributed by atoms with Gasteiger partial charge in [-0.25, -0.2) is 0 Å². The largest absolute Gasteiger partial charge is 0.493 e. The van der Waals surface area contributed by atoms with Gasteiger partial charge in [-0.15, -0.1) is 0 Å². The van der Waals surface area contributed by atoms with Gasteiger partial charge in [0.2, 0.25) is 0 Å². The quantitative estimate of drug-likeness (QED) is 0.493. The van der Waals surface area contributed by atoms with E-state index >= 15 is 0 Å². The molecule has 3 rings (SSSR count). The Labute approximate surface area is 193 Å². The third-order valence-corrected chi connectivity index (χ3v) is 5.35. The summed E-state index contributed by atoms with van der Waals surface area (Å²) in [7, 11) is 3.01. The molecule has 1 unspecified atom stereocenters.